The monoisotopic (exact) mass is 229 g/mol. The first-order chi connectivity index (χ1) is 7.63. The predicted octanol–water partition coefficient (Wildman–Crippen LogP) is 0.967. The molecule has 5 heteroatoms. The number of nitrogens with one attached hydrogen (secondary N) is 2. The Labute approximate surface area is 97.5 Å². The summed E-state index contributed by atoms with van der Waals surface area (Å²) in [7, 11) is 1.43. The normalized spacial score (nSPS) is 23.8. The second kappa shape index (κ2) is 6.70. The zero-order valence-electron chi connectivity index (χ0n) is 10.5. The third-order valence-corrected chi connectivity index (χ3v) is 3.06. The van der Waals surface area contributed by atoms with Crippen LogP contribution < -0.4 is 10.8 Å². The van der Waals surface area contributed by atoms with Crippen molar-refractivity contribution in [2.45, 2.75) is 32.7 Å². The van der Waals surface area contributed by atoms with Gasteiger partial charge in [0.05, 0.1) is 7.11 Å². The Morgan fingerprint density at radius 2 is 2.38 bits per heavy atom. The Balaban J connectivity index is 2.23. The largest absolute Gasteiger partial charge is 0.338 e. The molecule has 94 valence electrons. The molecule has 1 saturated heterocycles. The first-order valence-corrected chi connectivity index (χ1v) is 5.94. The summed E-state index contributed by atoms with van der Waals surface area (Å²) in [4.78, 5) is 18.1. The molecule has 0 aliphatic carbocycles. The first kappa shape index (κ1) is 13.3. The van der Waals surface area contributed by atoms with Gasteiger partial charge in [0, 0.05) is 19.1 Å². The van der Waals surface area contributed by atoms with Crippen molar-refractivity contribution in [1.29, 1.82) is 0 Å². The van der Waals surface area contributed by atoms with Crippen molar-refractivity contribution in [1.82, 2.24) is 15.7 Å². The van der Waals surface area contributed by atoms with Crippen molar-refractivity contribution >= 4 is 6.03 Å². The van der Waals surface area contributed by atoms with Crippen LogP contribution in [0.25, 0.3) is 0 Å². The van der Waals surface area contributed by atoms with Gasteiger partial charge in [0.1, 0.15) is 0 Å². The fourth-order valence-electron chi connectivity index (χ4n) is 2.12. The van der Waals surface area contributed by atoms with Crippen LogP contribution in [0.3, 0.4) is 0 Å². The molecule has 5 nitrogen and oxygen atoms in total. The molecule has 1 aliphatic heterocycles. The van der Waals surface area contributed by atoms with Crippen LogP contribution >= 0.6 is 0 Å². The zero-order valence-corrected chi connectivity index (χ0v) is 10.5. The van der Waals surface area contributed by atoms with Gasteiger partial charge in [-0.2, -0.15) is 0 Å². The molecule has 0 aromatic carbocycles. The second-order valence-electron chi connectivity index (χ2n) is 4.61. The number of carbonyl (C=O) groups is 1. The quantitative estimate of drug-likeness (QED) is 0.706. The average molecular weight is 229 g/mol. The zero-order chi connectivity index (χ0) is 12.0. The molecule has 16 heavy (non-hydrogen) atoms. The van der Waals surface area contributed by atoms with E-state index < -0.39 is 0 Å². The van der Waals surface area contributed by atoms with Crippen LogP contribution in [0.5, 0.6) is 0 Å². The molecular weight excluding hydrogens is 206 g/mol. The topological polar surface area (TPSA) is 53.6 Å². The highest BCUT2D eigenvalue weighted by molar-refractivity contribution is 5.72. The van der Waals surface area contributed by atoms with Gasteiger partial charge in [-0.25, -0.2) is 10.3 Å². The summed E-state index contributed by atoms with van der Waals surface area (Å²) in [6.07, 6.45) is 2.58. The van der Waals surface area contributed by atoms with Gasteiger partial charge in [0.25, 0.3) is 0 Å². The standard InChI is InChI=1S/C11H23N3O2/c1-9-5-4-6-14(8-9)10(2)7-12-11(15)13-16-3/h9-10H,4-8H2,1-3H3,(H2,12,13,15)/t9-,10-/m0/s1. The molecule has 0 spiro atoms. The number of hydrogen-bond donors (Lipinski definition) is 2. The number of rotatable bonds is 4. The summed E-state index contributed by atoms with van der Waals surface area (Å²) < 4.78 is 0. The minimum absolute atomic E-state index is 0.278. The van der Waals surface area contributed by atoms with Crippen LogP contribution in [-0.4, -0.2) is 43.7 Å². The SMILES string of the molecule is CONC(=O)NC[C@H](C)N1CCC[C@H](C)C1. The van der Waals surface area contributed by atoms with Crippen molar-refractivity contribution in [3.63, 3.8) is 0 Å². The summed E-state index contributed by atoms with van der Waals surface area (Å²) >= 11 is 0. The van der Waals surface area contributed by atoms with E-state index >= 15 is 0 Å². The smallest absolute Gasteiger partial charge is 0.335 e. The number of urea groups is 1. The Kier molecular flexibility index (Phi) is 5.55. The number of likely N-dealkylation sites (tertiary alicyclic amines) is 1. The summed E-state index contributed by atoms with van der Waals surface area (Å²) in [6.45, 7) is 7.35. The average Bonchev–Trinajstić information content (AvgIpc) is 2.26. The van der Waals surface area contributed by atoms with E-state index in [0.29, 0.717) is 12.6 Å². The van der Waals surface area contributed by atoms with Crippen molar-refractivity contribution in [2.24, 2.45) is 5.92 Å². The maximum Gasteiger partial charge on any atom is 0.338 e. The van der Waals surface area contributed by atoms with Crippen molar-refractivity contribution < 1.29 is 9.63 Å². The van der Waals surface area contributed by atoms with Crippen molar-refractivity contribution in [3.05, 3.63) is 0 Å². The van der Waals surface area contributed by atoms with E-state index in [9.17, 15) is 4.79 Å². The molecular formula is C11H23N3O2. The molecule has 0 saturated carbocycles. The van der Waals surface area contributed by atoms with Crippen molar-refractivity contribution in [3.8, 4) is 0 Å². The van der Waals surface area contributed by atoms with Crippen LogP contribution in [0.1, 0.15) is 26.7 Å². The highest BCUT2D eigenvalue weighted by Gasteiger charge is 2.20. The predicted molar refractivity (Wildman–Crippen MR) is 63.0 cm³/mol. The van der Waals surface area contributed by atoms with Crippen LogP contribution in [0.2, 0.25) is 0 Å². The highest BCUT2D eigenvalue weighted by atomic mass is 16.6. The van der Waals surface area contributed by atoms with E-state index in [2.05, 4.69) is 34.4 Å². The molecule has 0 aromatic heterocycles. The van der Waals surface area contributed by atoms with Crippen LogP contribution in [0.15, 0.2) is 0 Å². The minimum Gasteiger partial charge on any atom is -0.335 e. The van der Waals surface area contributed by atoms with Crippen LogP contribution in [-0.2, 0) is 4.84 Å². The van der Waals surface area contributed by atoms with E-state index in [-0.39, 0.29) is 6.03 Å². The number of hydroxylamine groups is 1. The molecule has 1 rings (SSSR count). The number of nitrogens with zero attached hydrogens (tertiary/aromatic N) is 1. The van der Waals surface area contributed by atoms with Gasteiger partial charge in [-0.1, -0.05) is 6.92 Å². The maximum absolute atomic E-state index is 11.1. The van der Waals surface area contributed by atoms with E-state index in [1.54, 1.807) is 0 Å². The molecule has 2 atom stereocenters. The van der Waals surface area contributed by atoms with E-state index in [0.717, 1.165) is 19.0 Å². The number of piperidine rings is 1. The van der Waals surface area contributed by atoms with Gasteiger partial charge in [-0.3, -0.25) is 9.74 Å². The Hall–Kier alpha value is -0.810. The highest BCUT2D eigenvalue weighted by Crippen LogP contribution is 2.17. The number of hydrogen-bond acceptors (Lipinski definition) is 3. The van der Waals surface area contributed by atoms with Gasteiger partial charge >= 0.3 is 6.03 Å². The van der Waals surface area contributed by atoms with Crippen LogP contribution in [0.4, 0.5) is 4.79 Å². The second-order valence-corrected chi connectivity index (χ2v) is 4.61. The molecule has 0 unspecified atom stereocenters. The van der Waals surface area contributed by atoms with Gasteiger partial charge in [0.2, 0.25) is 0 Å². The van der Waals surface area contributed by atoms with E-state index in [1.807, 2.05) is 0 Å². The molecule has 2 N–H and O–H groups in total. The molecule has 1 fully saturated rings. The van der Waals surface area contributed by atoms with Gasteiger partial charge in [-0.05, 0) is 32.2 Å². The lowest BCUT2D eigenvalue weighted by atomic mass is 9.99. The van der Waals surface area contributed by atoms with Gasteiger partial charge in [-0.15, -0.1) is 0 Å². The summed E-state index contributed by atoms with van der Waals surface area (Å²) in [5, 5.41) is 2.78. The van der Waals surface area contributed by atoms with Gasteiger partial charge in [0.15, 0.2) is 0 Å². The van der Waals surface area contributed by atoms with Gasteiger partial charge < -0.3 is 5.32 Å². The fourth-order valence-corrected chi connectivity index (χ4v) is 2.12. The maximum atomic E-state index is 11.1. The third-order valence-electron chi connectivity index (χ3n) is 3.06. The molecule has 2 amide bonds. The fraction of sp³-hybridized carbons (Fsp3) is 0.909. The molecule has 1 aliphatic rings. The lowest BCUT2D eigenvalue weighted by Crippen LogP contribution is -2.47. The lowest BCUT2D eigenvalue weighted by Gasteiger charge is -2.35. The lowest BCUT2D eigenvalue weighted by molar-refractivity contribution is 0.103. The molecule has 0 radical (unpaired) electrons. The molecule has 0 aromatic rings. The Morgan fingerprint density at radius 1 is 1.62 bits per heavy atom. The van der Waals surface area contributed by atoms with E-state index in [4.69, 9.17) is 0 Å². The molecule has 1 heterocycles. The Morgan fingerprint density at radius 3 is 3.00 bits per heavy atom. The summed E-state index contributed by atoms with van der Waals surface area (Å²) in [5.41, 5.74) is 2.24. The third kappa shape index (κ3) is 4.37. The summed E-state index contributed by atoms with van der Waals surface area (Å²) in [6, 6.07) is 0.102. The van der Waals surface area contributed by atoms with E-state index in [1.165, 1.54) is 20.0 Å². The molecule has 0 bridgehead atoms. The summed E-state index contributed by atoms with van der Waals surface area (Å²) in [5.74, 6) is 0.768. The first-order valence-electron chi connectivity index (χ1n) is 5.94. The Bertz CT molecular complexity index is 223. The minimum atomic E-state index is -0.278. The number of amides is 2. The van der Waals surface area contributed by atoms with Crippen LogP contribution in [0, 0.1) is 5.92 Å². The number of carbonyl (C=O) groups excluding carboxylic acids is 1. The van der Waals surface area contributed by atoms with Crippen molar-refractivity contribution in [2.75, 3.05) is 26.7 Å².